The van der Waals surface area contributed by atoms with Gasteiger partial charge in [-0.15, -0.1) is 6.42 Å². The smallest absolute Gasteiger partial charge is 0.119 e. The van der Waals surface area contributed by atoms with E-state index in [1.165, 1.54) is 5.56 Å². The lowest BCUT2D eigenvalue weighted by Gasteiger charge is -2.25. The molecule has 1 aromatic rings. The third-order valence-electron chi connectivity index (χ3n) is 2.99. The monoisotopic (exact) mass is 246 g/mol. The van der Waals surface area contributed by atoms with Crippen molar-refractivity contribution in [1.29, 1.82) is 0 Å². The van der Waals surface area contributed by atoms with Crippen molar-refractivity contribution in [2.75, 3.05) is 27.2 Å². The lowest BCUT2D eigenvalue weighted by Crippen LogP contribution is -2.37. The second kappa shape index (κ2) is 7.75. The van der Waals surface area contributed by atoms with Gasteiger partial charge in [-0.2, -0.15) is 0 Å². The molecule has 3 nitrogen and oxygen atoms in total. The van der Waals surface area contributed by atoms with Gasteiger partial charge in [0.2, 0.25) is 0 Å². The van der Waals surface area contributed by atoms with Crippen molar-refractivity contribution in [2.24, 2.45) is 0 Å². The number of benzene rings is 1. The van der Waals surface area contributed by atoms with Crippen LogP contribution in [0.4, 0.5) is 0 Å². The van der Waals surface area contributed by atoms with Crippen LogP contribution in [0.5, 0.6) is 5.75 Å². The Hall–Kier alpha value is -1.50. The maximum absolute atomic E-state index is 5.22. The molecule has 1 unspecified atom stereocenters. The van der Waals surface area contributed by atoms with Crippen molar-refractivity contribution in [1.82, 2.24) is 10.2 Å². The number of likely N-dealkylation sites (N-methyl/N-ethyl adjacent to an activating group) is 1. The average molecular weight is 246 g/mol. The molecule has 0 heterocycles. The lowest BCUT2D eigenvalue weighted by atomic mass is 10.2. The number of nitrogens with one attached hydrogen (secondary N) is 1. The van der Waals surface area contributed by atoms with E-state index < -0.39 is 0 Å². The maximum atomic E-state index is 5.22. The molecule has 0 fully saturated rings. The molecule has 1 aromatic carbocycles. The first-order valence-electron chi connectivity index (χ1n) is 6.14. The van der Waals surface area contributed by atoms with Crippen LogP contribution in [0, 0.1) is 12.3 Å². The van der Waals surface area contributed by atoms with E-state index in [-0.39, 0.29) is 0 Å². The van der Waals surface area contributed by atoms with Gasteiger partial charge in [0.25, 0.3) is 0 Å². The van der Waals surface area contributed by atoms with E-state index in [4.69, 9.17) is 11.2 Å². The molecule has 0 saturated carbocycles. The van der Waals surface area contributed by atoms with Gasteiger partial charge >= 0.3 is 0 Å². The van der Waals surface area contributed by atoms with Gasteiger partial charge in [-0.3, -0.25) is 4.90 Å². The molecule has 1 atom stereocenters. The van der Waals surface area contributed by atoms with Crippen molar-refractivity contribution in [3.8, 4) is 18.1 Å². The Kier molecular flexibility index (Phi) is 6.27. The molecular formula is C15H22N2O. The molecule has 18 heavy (non-hydrogen) atoms. The molecule has 0 aliphatic carbocycles. The average Bonchev–Trinajstić information content (AvgIpc) is 2.39. The molecule has 0 amide bonds. The third-order valence-corrected chi connectivity index (χ3v) is 2.99. The molecule has 98 valence electrons. The second-order valence-electron chi connectivity index (χ2n) is 4.45. The Balaban J connectivity index is 2.47. The van der Waals surface area contributed by atoms with E-state index in [2.05, 4.69) is 42.2 Å². The SMILES string of the molecule is C#CCNCC(C)N(C)Cc1cccc(OC)c1. The minimum absolute atomic E-state index is 0.435. The van der Waals surface area contributed by atoms with Crippen molar-refractivity contribution < 1.29 is 4.74 Å². The van der Waals surface area contributed by atoms with Crippen LogP contribution < -0.4 is 10.1 Å². The van der Waals surface area contributed by atoms with E-state index >= 15 is 0 Å². The standard InChI is InChI=1S/C15H22N2O/c1-5-9-16-11-13(2)17(3)12-14-7-6-8-15(10-14)18-4/h1,6-8,10,13,16H,9,11-12H2,2-4H3. The lowest BCUT2D eigenvalue weighted by molar-refractivity contribution is 0.244. The number of nitrogens with zero attached hydrogens (tertiary/aromatic N) is 1. The van der Waals surface area contributed by atoms with Gasteiger partial charge in [-0.25, -0.2) is 0 Å². The maximum Gasteiger partial charge on any atom is 0.119 e. The normalized spacial score (nSPS) is 12.2. The summed E-state index contributed by atoms with van der Waals surface area (Å²) >= 11 is 0. The van der Waals surface area contributed by atoms with Gasteiger partial charge in [0.05, 0.1) is 13.7 Å². The Morgan fingerprint density at radius 2 is 2.28 bits per heavy atom. The Bertz CT molecular complexity index is 398. The van der Waals surface area contributed by atoms with Gasteiger partial charge in [0.15, 0.2) is 0 Å². The molecule has 0 saturated heterocycles. The molecule has 0 spiro atoms. The van der Waals surface area contributed by atoms with E-state index in [1.807, 2.05) is 12.1 Å². The van der Waals surface area contributed by atoms with Crippen molar-refractivity contribution in [2.45, 2.75) is 19.5 Å². The first-order chi connectivity index (χ1) is 8.67. The Labute approximate surface area is 110 Å². The highest BCUT2D eigenvalue weighted by molar-refractivity contribution is 5.28. The van der Waals surface area contributed by atoms with Crippen LogP contribution >= 0.6 is 0 Å². The van der Waals surface area contributed by atoms with Crippen LogP contribution in [-0.4, -0.2) is 38.2 Å². The number of ether oxygens (including phenoxy) is 1. The molecular weight excluding hydrogens is 224 g/mol. The van der Waals surface area contributed by atoms with E-state index in [1.54, 1.807) is 7.11 Å². The second-order valence-corrected chi connectivity index (χ2v) is 4.45. The van der Waals surface area contributed by atoms with Crippen LogP contribution in [0.15, 0.2) is 24.3 Å². The summed E-state index contributed by atoms with van der Waals surface area (Å²) in [4.78, 5) is 2.29. The zero-order valence-corrected chi connectivity index (χ0v) is 11.4. The van der Waals surface area contributed by atoms with E-state index in [0.717, 1.165) is 18.8 Å². The summed E-state index contributed by atoms with van der Waals surface area (Å²) < 4.78 is 5.22. The molecule has 0 bridgehead atoms. The van der Waals surface area contributed by atoms with Crippen molar-refractivity contribution >= 4 is 0 Å². The highest BCUT2D eigenvalue weighted by Crippen LogP contribution is 2.14. The molecule has 3 heteroatoms. The number of hydrogen-bond donors (Lipinski definition) is 1. The minimum Gasteiger partial charge on any atom is -0.497 e. The summed E-state index contributed by atoms with van der Waals surface area (Å²) in [6.45, 7) is 4.60. The fourth-order valence-electron chi connectivity index (χ4n) is 1.72. The largest absolute Gasteiger partial charge is 0.497 e. The van der Waals surface area contributed by atoms with Crippen molar-refractivity contribution in [3.63, 3.8) is 0 Å². The summed E-state index contributed by atoms with van der Waals surface area (Å²) in [6.07, 6.45) is 5.21. The zero-order chi connectivity index (χ0) is 13.4. The highest BCUT2D eigenvalue weighted by Gasteiger charge is 2.09. The molecule has 0 radical (unpaired) electrons. The fraction of sp³-hybridized carbons (Fsp3) is 0.467. The Morgan fingerprint density at radius 3 is 2.94 bits per heavy atom. The number of rotatable bonds is 7. The highest BCUT2D eigenvalue weighted by atomic mass is 16.5. The molecule has 0 aliphatic heterocycles. The minimum atomic E-state index is 0.435. The summed E-state index contributed by atoms with van der Waals surface area (Å²) in [7, 11) is 3.80. The molecule has 0 aliphatic rings. The van der Waals surface area contributed by atoms with Crippen LogP contribution in [0.25, 0.3) is 0 Å². The summed E-state index contributed by atoms with van der Waals surface area (Å²) in [6, 6.07) is 8.59. The fourth-order valence-corrected chi connectivity index (χ4v) is 1.72. The third kappa shape index (κ3) is 4.79. The summed E-state index contributed by atoms with van der Waals surface area (Å²) in [5.74, 6) is 3.48. The number of terminal acetylenes is 1. The van der Waals surface area contributed by atoms with Crippen LogP contribution in [-0.2, 0) is 6.54 Å². The quantitative estimate of drug-likeness (QED) is 0.586. The van der Waals surface area contributed by atoms with Crippen LogP contribution in [0.2, 0.25) is 0 Å². The van der Waals surface area contributed by atoms with Gasteiger partial charge in [-0.1, -0.05) is 18.1 Å². The zero-order valence-electron chi connectivity index (χ0n) is 11.4. The van der Waals surface area contributed by atoms with Gasteiger partial charge in [0, 0.05) is 19.1 Å². The summed E-state index contributed by atoms with van der Waals surface area (Å²) in [5, 5.41) is 3.22. The van der Waals surface area contributed by atoms with Gasteiger partial charge < -0.3 is 10.1 Å². The van der Waals surface area contributed by atoms with Gasteiger partial charge in [0.1, 0.15) is 5.75 Å². The number of methoxy groups -OCH3 is 1. The van der Waals surface area contributed by atoms with Crippen molar-refractivity contribution in [3.05, 3.63) is 29.8 Å². The van der Waals surface area contributed by atoms with E-state index in [0.29, 0.717) is 12.6 Å². The predicted molar refractivity (Wildman–Crippen MR) is 75.6 cm³/mol. The molecule has 1 N–H and O–H groups in total. The summed E-state index contributed by atoms with van der Waals surface area (Å²) in [5.41, 5.74) is 1.25. The van der Waals surface area contributed by atoms with Gasteiger partial charge in [-0.05, 0) is 31.7 Å². The first kappa shape index (κ1) is 14.6. The van der Waals surface area contributed by atoms with E-state index in [9.17, 15) is 0 Å². The molecule has 1 rings (SSSR count). The van der Waals surface area contributed by atoms with Crippen LogP contribution in [0.1, 0.15) is 12.5 Å². The predicted octanol–water partition coefficient (Wildman–Crippen LogP) is 1.74. The first-order valence-corrected chi connectivity index (χ1v) is 6.14. The number of hydrogen-bond acceptors (Lipinski definition) is 3. The Morgan fingerprint density at radius 1 is 1.50 bits per heavy atom. The van der Waals surface area contributed by atoms with Crippen LogP contribution in [0.3, 0.4) is 0 Å². The molecule has 0 aromatic heterocycles. The topological polar surface area (TPSA) is 24.5 Å².